The van der Waals surface area contributed by atoms with Crippen molar-refractivity contribution >= 4 is 27.5 Å². The molecule has 1 saturated heterocycles. The number of carbonyl (C=O) groups is 1. The van der Waals surface area contributed by atoms with Gasteiger partial charge in [0.25, 0.3) is 5.91 Å². The van der Waals surface area contributed by atoms with E-state index >= 15 is 0 Å². The van der Waals surface area contributed by atoms with Crippen LogP contribution in [0, 0.1) is 23.2 Å². The van der Waals surface area contributed by atoms with Crippen molar-refractivity contribution in [2.24, 2.45) is 23.2 Å². The number of ether oxygens (including phenoxy) is 1. The number of hydrogen-bond donors (Lipinski definition) is 1. The molecule has 6 rings (SSSR count). The van der Waals surface area contributed by atoms with Crippen molar-refractivity contribution < 1.29 is 17.9 Å². The van der Waals surface area contributed by atoms with E-state index in [-0.39, 0.29) is 33.9 Å². The van der Waals surface area contributed by atoms with Crippen molar-refractivity contribution in [2.45, 2.75) is 62.4 Å². The van der Waals surface area contributed by atoms with Gasteiger partial charge in [-0.15, -0.1) is 0 Å². The molecular formula is C24H33ClN2O4S. The number of nitrogens with one attached hydrogen (secondary N) is 1. The van der Waals surface area contributed by atoms with Gasteiger partial charge in [0.2, 0.25) is 10.0 Å². The Balaban J connectivity index is 1.29. The summed E-state index contributed by atoms with van der Waals surface area (Å²) in [6, 6.07) is 4.55. The van der Waals surface area contributed by atoms with Crippen LogP contribution in [0.1, 0.15) is 61.7 Å². The van der Waals surface area contributed by atoms with Crippen LogP contribution < -0.4 is 4.72 Å². The lowest BCUT2D eigenvalue weighted by atomic mass is 9.49. The van der Waals surface area contributed by atoms with Gasteiger partial charge in [-0.05, 0) is 92.7 Å². The summed E-state index contributed by atoms with van der Waals surface area (Å²) in [5.74, 6) is 2.33. The fourth-order valence-corrected chi connectivity index (χ4v) is 8.80. The monoisotopic (exact) mass is 480 g/mol. The third-order valence-corrected chi connectivity index (χ3v) is 9.98. The van der Waals surface area contributed by atoms with Gasteiger partial charge in [0.1, 0.15) is 4.90 Å². The second kappa shape index (κ2) is 8.57. The quantitative estimate of drug-likeness (QED) is 0.637. The summed E-state index contributed by atoms with van der Waals surface area (Å²) >= 11 is 6.23. The lowest BCUT2D eigenvalue weighted by Crippen LogP contribution is -2.51. The molecule has 1 amide bonds. The molecule has 1 N–H and O–H groups in total. The molecule has 1 atom stereocenters. The zero-order valence-corrected chi connectivity index (χ0v) is 20.3. The van der Waals surface area contributed by atoms with Crippen LogP contribution in [0.4, 0.5) is 0 Å². The number of halogens is 1. The summed E-state index contributed by atoms with van der Waals surface area (Å²) in [6.45, 7) is 1.62. The van der Waals surface area contributed by atoms with Crippen LogP contribution in [-0.2, 0) is 14.8 Å². The highest BCUT2D eigenvalue weighted by atomic mass is 35.5. The van der Waals surface area contributed by atoms with Crippen LogP contribution in [-0.4, -0.2) is 52.1 Å². The van der Waals surface area contributed by atoms with E-state index in [1.807, 2.05) is 7.05 Å². The van der Waals surface area contributed by atoms with Crippen molar-refractivity contribution in [3.63, 3.8) is 0 Å². The molecule has 1 aliphatic heterocycles. The van der Waals surface area contributed by atoms with Gasteiger partial charge in [-0.1, -0.05) is 11.6 Å². The number of amides is 1. The Hall–Kier alpha value is -1.15. The molecule has 8 heteroatoms. The zero-order chi connectivity index (χ0) is 22.5. The molecule has 1 heterocycles. The van der Waals surface area contributed by atoms with Crippen LogP contribution in [0.25, 0.3) is 0 Å². The number of rotatable bonds is 7. The standard InChI is InChI=1S/C24H33ClN2O4S/c1-27(15-24-11-16-7-17(12-24)9-18(8-16)13-24)23(28)19-4-5-21(25)22(10-19)32(29,30)26-14-20-3-2-6-31-20/h4-5,10,16-18,20,26H,2-3,6-9,11-15H2,1H3. The maximum absolute atomic E-state index is 13.3. The van der Waals surface area contributed by atoms with Crippen molar-refractivity contribution in [2.75, 3.05) is 26.7 Å². The predicted octanol–water partition coefficient (Wildman–Crippen LogP) is 4.09. The molecule has 4 aliphatic carbocycles. The molecule has 0 aromatic heterocycles. The average molecular weight is 481 g/mol. The topological polar surface area (TPSA) is 75.7 Å². The summed E-state index contributed by atoms with van der Waals surface area (Å²) in [6.07, 6.45) is 9.45. The molecule has 1 unspecified atom stereocenters. The van der Waals surface area contributed by atoms with Crippen molar-refractivity contribution in [3.8, 4) is 0 Å². The van der Waals surface area contributed by atoms with Gasteiger partial charge in [0.05, 0.1) is 11.1 Å². The van der Waals surface area contributed by atoms with Gasteiger partial charge < -0.3 is 9.64 Å². The summed E-state index contributed by atoms with van der Waals surface area (Å²) in [7, 11) is -1.99. The molecule has 5 aliphatic rings. The Labute approximate surface area is 196 Å². The Morgan fingerprint density at radius 3 is 2.44 bits per heavy atom. The molecule has 4 bridgehead atoms. The second-order valence-corrected chi connectivity index (χ2v) is 12.9. The minimum Gasteiger partial charge on any atom is -0.377 e. The maximum Gasteiger partial charge on any atom is 0.253 e. The zero-order valence-electron chi connectivity index (χ0n) is 18.7. The average Bonchev–Trinajstić information content (AvgIpc) is 3.24. The first-order valence-electron chi connectivity index (χ1n) is 11.9. The minimum absolute atomic E-state index is 0.0498. The highest BCUT2D eigenvalue weighted by molar-refractivity contribution is 7.89. The van der Waals surface area contributed by atoms with Crippen LogP contribution >= 0.6 is 11.6 Å². The Morgan fingerprint density at radius 2 is 1.84 bits per heavy atom. The highest BCUT2D eigenvalue weighted by Gasteiger charge is 2.51. The molecule has 32 heavy (non-hydrogen) atoms. The van der Waals surface area contributed by atoms with Crippen LogP contribution in [0.2, 0.25) is 5.02 Å². The van der Waals surface area contributed by atoms with Crippen molar-refractivity contribution in [1.82, 2.24) is 9.62 Å². The summed E-state index contributed by atoms with van der Waals surface area (Å²) in [5.41, 5.74) is 0.600. The third kappa shape index (κ3) is 4.46. The molecule has 0 radical (unpaired) electrons. The van der Waals surface area contributed by atoms with E-state index in [0.717, 1.165) is 37.1 Å². The third-order valence-electron chi connectivity index (χ3n) is 8.08. The molecule has 4 saturated carbocycles. The molecule has 176 valence electrons. The Bertz CT molecular complexity index is 954. The van der Waals surface area contributed by atoms with Gasteiger partial charge in [-0.3, -0.25) is 4.79 Å². The van der Waals surface area contributed by atoms with Gasteiger partial charge in [-0.25, -0.2) is 13.1 Å². The largest absolute Gasteiger partial charge is 0.377 e. The van der Waals surface area contributed by atoms with Gasteiger partial charge in [-0.2, -0.15) is 0 Å². The first-order chi connectivity index (χ1) is 15.2. The SMILES string of the molecule is CN(CC12CC3CC(CC(C3)C1)C2)C(=O)c1ccc(Cl)c(S(=O)(=O)NCC2CCCO2)c1. The Morgan fingerprint density at radius 1 is 1.19 bits per heavy atom. The van der Waals surface area contributed by atoms with E-state index in [0.29, 0.717) is 12.2 Å². The predicted molar refractivity (Wildman–Crippen MR) is 123 cm³/mol. The lowest BCUT2D eigenvalue weighted by molar-refractivity contribution is -0.0629. The number of hydrogen-bond acceptors (Lipinski definition) is 4. The number of benzene rings is 1. The highest BCUT2D eigenvalue weighted by Crippen LogP contribution is 2.60. The lowest BCUT2D eigenvalue weighted by Gasteiger charge is -2.57. The fraction of sp³-hybridized carbons (Fsp3) is 0.708. The van der Waals surface area contributed by atoms with Crippen molar-refractivity contribution in [3.05, 3.63) is 28.8 Å². The van der Waals surface area contributed by atoms with Gasteiger partial charge in [0, 0.05) is 32.3 Å². The summed E-state index contributed by atoms with van der Waals surface area (Å²) in [4.78, 5) is 15.0. The van der Waals surface area contributed by atoms with Crippen LogP contribution in [0.5, 0.6) is 0 Å². The van der Waals surface area contributed by atoms with Gasteiger partial charge >= 0.3 is 0 Å². The van der Waals surface area contributed by atoms with E-state index in [9.17, 15) is 13.2 Å². The van der Waals surface area contributed by atoms with E-state index in [1.165, 1.54) is 50.7 Å². The molecular weight excluding hydrogens is 448 g/mol. The summed E-state index contributed by atoms with van der Waals surface area (Å²) < 4.78 is 33.9. The minimum atomic E-state index is -3.84. The molecule has 1 aromatic rings. The van der Waals surface area contributed by atoms with Gasteiger partial charge in [0.15, 0.2) is 0 Å². The first-order valence-corrected chi connectivity index (χ1v) is 13.8. The van der Waals surface area contributed by atoms with E-state index in [2.05, 4.69) is 4.72 Å². The van der Waals surface area contributed by atoms with Crippen molar-refractivity contribution in [1.29, 1.82) is 0 Å². The normalized spacial score (nSPS) is 33.6. The van der Waals surface area contributed by atoms with E-state index in [4.69, 9.17) is 16.3 Å². The van der Waals surface area contributed by atoms with Crippen LogP contribution in [0.15, 0.2) is 23.1 Å². The van der Waals surface area contributed by atoms with Crippen LogP contribution in [0.3, 0.4) is 0 Å². The Kier molecular flexibility index (Phi) is 6.06. The number of sulfonamides is 1. The summed E-state index contributed by atoms with van der Waals surface area (Å²) in [5, 5.41) is 0.116. The molecule has 5 fully saturated rings. The smallest absolute Gasteiger partial charge is 0.253 e. The van der Waals surface area contributed by atoms with E-state index in [1.54, 1.807) is 11.0 Å². The molecule has 0 spiro atoms. The molecule has 1 aromatic carbocycles. The fourth-order valence-electron chi connectivity index (χ4n) is 7.21. The number of nitrogens with zero attached hydrogens (tertiary/aromatic N) is 1. The molecule has 6 nitrogen and oxygen atoms in total. The van der Waals surface area contributed by atoms with E-state index < -0.39 is 10.0 Å². The number of carbonyl (C=O) groups excluding carboxylic acids is 1. The first kappa shape index (κ1) is 22.6. The maximum atomic E-state index is 13.3. The second-order valence-electron chi connectivity index (χ2n) is 10.7.